The zero-order valence-corrected chi connectivity index (χ0v) is 9.21. The molecule has 0 saturated carbocycles. The van der Waals surface area contributed by atoms with Gasteiger partial charge in [-0.05, 0) is 49.7 Å². The molecule has 1 aromatic carbocycles. The minimum atomic E-state index is 0.271. The molecule has 82 valence electrons. The topological polar surface area (TPSA) is 47.9 Å². The summed E-state index contributed by atoms with van der Waals surface area (Å²) in [6.07, 6.45) is 2.34. The molecule has 2 aliphatic heterocycles. The normalized spacial score (nSPS) is 21.2. The Morgan fingerprint density at radius 2 is 2.06 bits per heavy atom. The van der Waals surface area contributed by atoms with E-state index in [0.29, 0.717) is 0 Å². The minimum absolute atomic E-state index is 0.271. The molecule has 0 bridgehead atoms. The second-order valence-electron chi connectivity index (χ2n) is 4.76. The van der Waals surface area contributed by atoms with E-state index in [4.69, 9.17) is 5.26 Å². The number of rotatable bonds is 0. The lowest BCUT2D eigenvalue weighted by atomic mass is 9.74. The fourth-order valence-electron chi connectivity index (χ4n) is 2.92. The maximum atomic E-state index is 8.97. The lowest BCUT2D eigenvalue weighted by Gasteiger charge is -2.33. The van der Waals surface area contributed by atoms with Crippen LogP contribution in [0, 0.1) is 11.3 Å². The van der Waals surface area contributed by atoms with Gasteiger partial charge in [-0.15, -0.1) is 0 Å². The van der Waals surface area contributed by atoms with Crippen LogP contribution in [0.15, 0.2) is 18.2 Å². The maximum Gasteiger partial charge on any atom is 0.0991 e. The average Bonchev–Trinajstić information content (AvgIpc) is 2.69. The summed E-state index contributed by atoms with van der Waals surface area (Å²) in [6, 6.07) is 8.25. The first-order chi connectivity index (χ1) is 7.84. The van der Waals surface area contributed by atoms with Gasteiger partial charge in [0.25, 0.3) is 0 Å². The van der Waals surface area contributed by atoms with Crippen LogP contribution in [0.4, 0.5) is 5.69 Å². The number of hydrogen-bond donors (Lipinski definition) is 2. The van der Waals surface area contributed by atoms with Crippen molar-refractivity contribution < 1.29 is 0 Å². The summed E-state index contributed by atoms with van der Waals surface area (Å²) in [7, 11) is 0. The Morgan fingerprint density at radius 3 is 2.81 bits per heavy atom. The first-order valence-electron chi connectivity index (χ1n) is 5.83. The predicted molar refractivity (Wildman–Crippen MR) is 63.4 cm³/mol. The molecule has 0 aromatic heterocycles. The maximum absolute atomic E-state index is 8.97. The third-order valence-corrected chi connectivity index (χ3v) is 3.90. The second kappa shape index (κ2) is 3.50. The van der Waals surface area contributed by atoms with Gasteiger partial charge < -0.3 is 10.6 Å². The Morgan fingerprint density at radius 1 is 1.25 bits per heavy atom. The van der Waals surface area contributed by atoms with Gasteiger partial charge in [0.1, 0.15) is 0 Å². The number of piperidine rings is 1. The lowest BCUT2D eigenvalue weighted by molar-refractivity contribution is 0.335. The van der Waals surface area contributed by atoms with E-state index in [2.05, 4.69) is 22.8 Å². The van der Waals surface area contributed by atoms with E-state index in [0.717, 1.165) is 25.2 Å². The van der Waals surface area contributed by atoms with E-state index in [9.17, 15) is 0 Å². The van der Waals surface area contributed by atoms with Crippen molar-refractivity contribution in [1.82, 2.24) is 5.32 Å². The van der Waals surface area contributed by atoms with Gasteiger partial charge in [0.15, 0.2) is 0 Å². The zero-order valence-electron chi connectivity index (χ0n) is 9.21. The van der Waals surface area contributed by atoms with Crippen molar-refractivity contribution in [1.29, 1.82) is 5.26 Å². The molecule has 2 heterocycles. The first kappa shape index (κ1) is 9.68. The number of nitrogens with zero attached hydrogens (tertiary/aromatic N) is 1. The number of hydrogen-bond acceptors (Lipinski definition) is 3. The van der Waals surface area contributed by atoms with Crippen LogP contribution in [0.25, 0.3) is 0 Å². The van der Waals surface area contributed by atoms with Crippen molar-refractivity contribution in [2.75, 3.05) is 25.0 Å². The summed E-state index contributed by atoms with van der Waals surface area (Å²) in [5.41, 5.74) is 3.63. The minimum Gasteiger partial charge on any atom is -0.384 e. The Bertz CT molecular complexity index is 447. The number of nitriles is 1. The van der Waals surface area contributed by atoms with Crippen molar-refractivity contribution in [2.45, 2.75) is 18.3 Å². The fourth-order valence-corrected chi connectivity index (χ4v) is 2.92. The summed E-state index contributed by atoms with van der Waals surface area (Å²) < 4.78 is 0. The predicted octanol–water partition coefficient (Wildman–Crippen LogP) is 1.60. The average molecular weight is 213 g/mol. The van der Waals surface area contributed by atoms with Crippen LogP contribution < -0.4 is 10.6 Å². The molecule has 2 aliphatic rings. The SMILES string of the molecule is N#Cc1ccc2c(c1)C1(CCNCC1)CN2. The molecule has 3 heteroatoms. The van der Waals surface area contributed by atoms with Gasteiger partial charge in [-0.2, -0.15) is 5.26 Å². The van der Waals surface area contributed by atoms with Crippen molar-refractivity contribution >= 4 is 5.69 Å². The van der Waals surface area contributed by atoms with Crippen LogP contribution in [0.1, 0.15) is 24.0 Å². The molecule has 1 saturated heterocycles. The van der Waals surface area contributed by atoms with E-state index in [1.54, 1.807) is 0 Å². The molecule has 0 aliphatic carbocycles. The largest absolute Gasteiger partial charge is 0.384 e. The monoisotopic (exact) mass is 213 g/mol. The highest BCUT2D eigenvalue weighted by molar-refractivity contribution is 5.62. The van der Waals surface area contributed by atoms with E-state index in [1.165, 1.54) is 24.1 Å². The summed E-state index contributed by atoms with van der Waals surface area (Å²) >= 11 is 0. The van der Waals surface area contributed by atoms with Gasteiger partial charge in [-0.3, -0.25) is 0 Å². The van der Waals surface area contributed by atoms with E-state index >= 15 is 0 Å². The van der Waals surface area contributed by atoms with Gasteiger partial charge in [0, 0.05) is 17.6 Å². The third kappa shape index (κ3) is 1.30. The van der Waals surface area contributed by atoms with E-state index in [1.807, 2.05) is 12.1 Å². The van der Waals surface area contributed by atoms with Gasteiger partial charge in [0.05, 0.1) is 11.6 Å². The smallest absolute Gasteiger partial charge is 0.0991 e. The van der Waals surface area contributed by atoms with Gasteiger partial charge in [0.2, 0.25) is 0 Å². The molecule has 3 rings (SSSR count). The van der Waals surface area contributed by atoms with Crippen LogP contribution >= 0.6 is 0 Å². The molecule has 1 fully saturated rings. The van der Waals surface area contributed by atoms with Crippen LogP contribution in [0.2, 0.25) is 0 Å². The highest BCUT2D eigenvalue weighted by Crippen LogP contribution is 2.42. The quantitative estimate of drug-likeness (QED) is 0.688. The number of benzene rings is 1. The first-order valence-corrected chi connectivity index (χ1v) is 5.83. The zero-order chi connectivity index (χ0) is 11.0. The summed E-state index contributed by atoms with van der Waals surface area (Å²) in [5, 5.41) is 15.9. The van der Waals surface area contributed by atoms with Gasteiger partial charge in [-0.25, -0.2) is 0 Å². The molecule has 0 amide bonds. The molecule has 1 aromatic rings. The number of fused-ring (bicyclic) bond motifs is 2. The summed E-state index contributed by atoms with van der Waals surface area (Å²) in [4.78, 5) is 0. The summed E-state index contributed by atoms with van der Waals surface area (Å²) in [5.74, 6) is 0. The fraction of sp³-hybridized carbons (Fsp3) is 0.462. The van der Waals surface area contributed by atoms with E-state index in [-0.39, 0.29) is 5.41 Å². The van der Waals surface area contributed by atoms with Crippen LogP contribution in [0.5, 0.6) is 0 Å². The molecule has 0 radical (unpaired) electrons. The Kier molecular flexibility index (Phi) is 2.12. The van der Waals surface area contributed by atoms with Crippen LogP contribution in [-0.2, 0) is 5.41 Å². The van der Waals surface area contributed by atoms with Crippen molar-refractivity contribution in [3.8, 4) is 6.07 Å². The lowest BCUT2D eigenvalue weighted by Crippen LogP contribution is -2.41. The molecule has 2 N–H and O–H groups in total. The number of anilines is 1. The van der Waals surface area contributed by atoms with Crippen LogP contribution in [0.3, 0.4) is 0 Å². The Labute approximate surface area is 95.5 Å². The van der Waals surface area contributed by atoms with Crippen molar-refractivity contribution in [3.63, 3.8) is 0 Å². The number of nitrogens with one attached hydrogen (secondary N) is 2. The molecule has 1 spiro atoms. The standard InChI is InChI=1S/C13H15N3/c14-8-10-1-2-12-11(7-10)13(9-16-12)3-5-15-6-4-13/h1-2,7,15-16H,3-6,9H2. The van der Waals surface area contributed by atoms with Crippen LogP contribution in [-0.4, -0.2) is 19.6 Å². The summed E-state index contributed by atoms with van der Waals surface area (Å²) in [6.45, 7) is 3.19. The molecule has 16 heavy (non-hydrogen) atoms. The van der Waals surface area contributed by atoms with Gasteiger partial charge in [-0.1, -0.05) is 0 Å². The highest BCUT2D eigenvalue weighted by Gasteiger charge is 2.39. The Hall–Kier alpha value is -1.53. The molecular formula is C13H15N3. The van der Waals surface area contributed by atoms with Crippen molar-refractivity contribution in [3.05, 3.63) is 29.3 Å². The highest BCUT2D eigenvalue weighted by atomic mass is 15.0. The molecule has 0 unspecified atom stereocenters. The van der Waals surface area contributed by atoms with Crippen molar-refractivity contribution in [2.24, 2.45) is 0 Å². The van der Waals surface area contributed by atoms with E-state index < -0.39 is 0 Å². The molecule has 3 nitrogen and oxygen atoms in total. The third-order valence-electron chi connectivity index (χ3n) is 3.90. The molecular weight excluding hydrogens is 198 g/mol. The Balaban J connectivity index is 2.06. The van der Waals surface area contributed by atoms with Gasteiger partial charge >= 0.3 is 0 Å². The second-order valence-corrected chi connectivity index (χ2v) is 4.76. The molecule has 0 atom stereocenters.